The zero-order chi connectivity index (χ0) is 17.8. The third-order valence-electron chi connectivity index (χ3n) is 3.79. The molecular formula is C18H18N4O2S. The third-order valence-corrected chi connectivity index (χ3v) is 4.97. The molecule has 0 saturated heterocycles. The van der Waals surface area contributed by atoms with Gasteiger partial charge in [0.05, 0.1) is 0 Å². The van der Waals surface area contributed by atoms with E-state index < -0.39 is 0 Å². The Morgan fingerprint density at radius 1 is 1.12 bits per heavy atom. The second-order valence-corrected chi connectivity index (χ2v) is 6.91. The molecule has 0 aliphatic heterocycles. The Kier molecular flexibility index (Phi) is 5.14. The monoisotopic (exact) mass is 354 g/mol. The highest BCUT2D eigenvalue weighted by Crippen LogP contribution is 2.35. The Morgan fingerprint density at radius 3 is 2.56 bits per heavy atom. The van der Waals surface area contributed by atoms with E-state index in [1.165, 1.54) is 11.8 Å². The minimum atomic E-state index is -0.330. The molecule has 0 fully saturated rings. The predicted molar refractivity (Wildman–Crippen MR) is 97.7 cm³/mol. The maximum absolute atomic E-state index is 11.1. The lowest BCUT2D eigenvalue weighted by Crippen LogP contribution is -2.11. The van der Waals surface area contributed by atoms with Gasteiger partial charge in [0.1, 0.15) is 11.1 Å². The summed E-state index contributed by atoms with van der Waals surface area (Å²) in [7, 11) is 0. The van der Waals surface area contributed by atoms with Crippen LogP contribution in [0.2, 0.25) is 0 Å². The van der Waals surface area contributed by atoms with Crippen LogP contribution in [0.3, 0.4) is 0 Å². The Bertz CT molecular complexity index is 880. The lowest BCUT2D eigenvalue weighted by Gasteiger charge is -2.14. The number of hydrogen-bond donors (Lipinski definition) is 0. The SMILES string of the molecule is Cc1cccc(-n2c(C)nnc2S[C@H](C[N+](=O)[O-])c2ccccc2)c1. The minimum Gasteiger partial charge on any atom is -0.274 e. The van der Waals surface area contributed by atoms with Gasteiger partial charge in [-0.15, -0.1) is 10.2 Å². The summed E-state index contributed by atoms with van der Waals surface area (Å²) in [5.41, 5.74) is 2.99. The van der Waals surface area contributed by atoms with Crippen LogP contribution in [0, 0.1) is 24.0 Å². The first kappa shape index (κ1) is 17.2. The van der Waals surface area contributed by atoms with E-state index in [-0.39, 0.29) is 16.7 Å². The molecule has 2 aromatic carbocycles. The lowest BCUT2D eigenvalue weighted by atomic mass is 10.1. The summed E-state index contributed by atoms with van der Waals surface area (Å²) in [4.78, 5) is 10.8. The molecule has 1 aromatic heterocycles. The summed E-state index contributed by atoms with van der Waals surface area (Å²) in [5.74, 6) is 0.751. The number of benzene rings is 2. The van der Waals surface area contributed by atoms with Crippen molar-refractivity contribution in [1.29, 1.82) is 0 Å². The van der Waals surface area contributed by atoms with Gasteiger partial charge in [0, 0.05) is 10.6 Å². The molecule has 3 rings (SSSR count). The van der Waals surface area contributed by atoms with Gasteiger partial charge in [0.2, 0.25) is 6.54 Å². The zero-order valence-electron chi connectivity index (χ0n) is 14.0. The van der Waals surface area contributed by atoms with Crippen molar-refractivity contribution in [3.8, 4) is 5.69 Å². The number of aryl methyl sites for hydroxylation is 2. The summed E-state index contributed by atoms with van der Waals surface area (Å²) in [6, 6.07) is 17.5. The average Bonchev–Trinajstić information content (AvgIpc) is 2.95. The summed E-state index contributed by atoms with van der Waals surface area (Å²) in [5, 5.41) is 19.9. The van der Waals surface area contributed by atoms with Crippen LogP contribution < -0.4 is 0 Å². The zero-order valence-corrected chi connectivity index (χ0v) is 14.8. The van der Waals surface area contributed by atoms with Crippen LogP contribution in [-0.2, 0) is 0 Å². The fraction of sp³-hybridized carbons (Fsp3) is 0.222. The van der Waals surface area contributed by atoms with Crippen molar-refractivity contribution >= 4 is 11.8 Å². The number of nitrogens with zero attached hydrogens (tertiary/aromatic N) is 4. The second-order valence-electron chi connectivity index (χ2n) is 5.74. The summed E-state index contributed by atoms with van der Waals surface area (Å²) >= 11 is 1.37. The topological polar surface area (TPSA) is 73.8 Å². The maximum Gasteiger partial charge on any atom is 0.220 e. The molecule has 25 heavy (non-hydrogen) atoms. The van der Waals surface area contributed by atoms with Crippen molar-refractivity contribution in [2.24, 2.45) is 0 Å². The Hall–Kier alpha value is -2.67. The van der Waals surface area contributed by atoms with E-state index in [9.17, 15) is 10.1 Å². The van der Waals surface area contributed by atoms with E-state index >= 15 is 0 Å². The predicted octanol–water partition coefficient (Wildman–Crippen LogP) is 3.99. The van der Waals surface area contributed by atoms with Crippen LogP contribution in [-0.4, -0.2) is 26.2 Å². The molecule has 1 atom stereocenters. The normalized spacial score (nSPS) is 12.1. The highest BCUT2D eigenvalue weighted by molar-refractivity contribution is 7.99. The molecular weight excluding hydrogens is 336 g/mol. The fourth-order valence-electron chi connectivity index (χ4n) is 2.62. The van der Waals surface area contributed by atoms with Gasteiger partial charge in [-0.05, 0) is 37.1 Å². The van der Waals surface area contributed by atoms with E-state index in [0.29, 0.717) is 5.16 Å². The van der Waals surface area contributed by atoms with Crippen molar-refractivity contribution in [2.75, 3.05) is 6.54 Å². The van der Waals surface area contributed by atoms with Crippen molar-refractivity contribution in [2.45, 2.75) is 24.3 Å². The minimum absolute atomic E-state index is 0.172. The molecule has 0 radical (unpaired) electrons. The summed E-state index contributed by atoms with van der Waals surface area (Å²) in [6.45, 7) is 3.73. The molecule has 6 nitrogen and oxygen atoms in total. The number of thioether (sulfide) groups is 1. The Labute approximate surface area is 150 Å². The standard InChI is InChI=1S/C18H18N4O2S/c1-13-7-6-10-16(11-13)22-14(2)19-20-18(22)25-17(12-21(23)24)15-8-4-3-5-9-15/h3-11,17H,12H2,1-2H3/t17-/m1/s1. The van der Waals surface area contributed by atoms with E-state index in [4.69, 9.17) is 0 Å². The van der Waals surface area contributed by atoms with E-state index in [1.807, 2.05) is 73.0 Å². The number of nitro groups is 1. The Balaban J connectivity index is 1.97. The molecule has 3 aromatic rings. The summed E-state index contributed by atoms with van der Waals surface area (Å²) < 4.78 is 1.94. The van der Waals surface area contributed by atoms with Crippen molar-refractivity contribution in [3.63, 3.8) is 0 Å². The molecule has 0 unspecified atom stereocenters. The van der Waals surface area contributed by atoms with Crippen molar-refractivity contribution in [1.82, 2.24) is 14.8 Å². The van der Waals surface area contributed by atoms with Gasteiger partial charge in [-0.1, -0.05) is 54.2 Å². The summed E-state index contributed by atoms with van der Waals surface area (Å²) in [6.07, 6.45) is 0. The van der Waals surface area contributed by atoms with Crippen LogP contribution in [0.5, 0.6) is 0 Å². The molecule has 1 heterocycles. The van der Waals surface area contributed by atoms with E-state index in [2.05, 4.69) is 10.2 Å². The van der Waals surface area contributed by atoms with Gasteiger partial charge in [0.15, 0.2) is 5.16 Å². The Morgan fingerprint density at radius 2 is 1.88 bits per heavy atom. The van der Waals surface area contributed by atoms with Gasteiger partial charge < -0.3 is 0 Å². The van der Waals surface area contributed by atoms with Gasteiger partial charge in [-0.25, -0.2) is 0 Å². The quantitative estimate of drug-likeness (QED) is 0.380. The number of rotatable bonds is 6. The lowest BCUT2D eigenvalue weighted by molar-refractivity contribution is -0.479. The smallest absolute Gasteiger partial charge is 0.220 e. The highest BCUT2D eigenvalue weighted by Gasteiger charge is 2.23. The van der Waals surface area contributed by atoms with Crippen LogP contribution in [0.25, 0.3) is 5.69 Å². The molecule has 0 aliphatic carbocycles. The molecule has 128 valence electrons. The van der Waals surface area contributed by atoms with Gasteiger partial charge in [0.25, 0.3) is 0 Å². The maximum atomic E-state index is 11.1. The van der Waals surface area contributed by atoms with Crippen LogP contribution >= 0.6 is 11.8 Å². The molecule has 7 heteroatoms. The molecule has 0 aliphatic rings. The highest BCUT2D eigenvalue weighted by atomic mass is 32.2. The number of aromatic nitrogens is 3. The molecule has 0 N–H and O–H groups in total. The molecule has 0 amide bonds. The largest absolute Gasteiger partial charge is 0.274 e. The fourth-order valence-corrected chi connectivity index (χ4v) is 3.80. The van der Waals surface area contributed by atoms with Crippen molar-refractivity contribution in [3.05, 3.63) is 81.7 Å². The second kappa shape index (κ2) is 7.48. The van der Waals surface area contributed by atoms with E-state index in [1.54, 1.807) is 0 Å². The third kappa shape index (κ3) is 4.06. The first-order valence-corrected chi connectivity index (χ1v) is 8.75. The number of hydrogen-bond acceptors (Lipinski definition) is 5. The van der Waals surface area contributed by atoms with Crippen LogP contribution in [0.4, 0.5) is 0 Å². The molecule has 0 bridgehead atoms. The first-order valence-electron chi connectivity index (χ1n) is 7.87. The van der Waals surface area contributed by atoms with Crippen LogP contribution in [0.15, 0.2) is 59.8 Å². The first-order chi connectivity index (χ1) is 12.0. The molecule has 0 spiro atoms. The van der Waals surface area contributed by atoms with Gasteiger partial charge >= 0.3 is 0 Å². The van der Waals surface area contributed by atoms with Crippen molar-refractivity contribution < 1.29 is 4.92 Å². The van der Waals surface area contributed by atoms with Gasteiger partial charge in [-0.2, -0.15) is 0 Å². The van der Waals surface area contributed by atoms with Crippen LogP contribution in [0.1, 0.15) is 22.2 Å². The average molecular weight is 354 g/mol. The van der Waals surface area contributed by atoms with Gasteiger partial charge in [-0.3, -0.25) is 14.7 Å². The molecule has 0 saturated carbocycles. The van der Waals surface area contributed by atoms with E-state index in [0.717, 1.165) is 22.6 Å².